The lowest BCUT2D eigenvalue weighted by Gasteiger charge is -2.15. The van der Waals surface area contributed by atoms with Gasteiger partial charge in [0.2, 0.25) is 0 Å². The predicted octanol–water partition coefficient (Wildman–Crippen LogP) is 4.72. The zero-order valence-corrected chi connectivity index (χ0v) is 12.7. The van der Waals surface area contributed by atoms with Gasteiger partial charge in [0.05, 0.1) is 0 Å². The van der Waals surface area contributed by atoms with Crippen molar-refractivity contribution in [3.05, 3.63) is 58.6 Å². The van der Waals surface area contributed by atoms with Crippen LogP contribution in [0.5, 0.6) is 11.5 Å². The molecule has 0 saturated heterocycles. The van der Waals surface area contributed by atoms with Gasteiger partial charge < -0.3 is 10.5 Å². The van der Waals surface area contributed by atoms with Crippen LogP contribution in [0.15, 0.2) is 42.5 Å². The summed E-state index contributed by atoms with van der Waals surface area (Å²) in [6, 6.07) is 13.7. The topological polar surface area (TPSA) is 35.2 Å². The first-order valence-corrected chi connectivity index (χ1v) is 7.25. The molecule has 1 atom stereocenters. The van der Waals surface area contributed by atoms with E-state index in [1.807, 2.05) is 36.4 Å². The highest BCUT2D eigenvalue weighted by Crippen LogP contribution is 2.28. The molecule has 0 aliphatic carbocycles. The van der Waals surface area contributed by atoms with Crippen LogP contribution in [0.4, 0.5) is 0 Å². The normalized spacial score (nSPS) is 12.2. The molecule has 3 heteroatoms. The molecule has 0 saturated carbocycles. The molecule has 2 aromatic rings. The van der Waals surface area contributed by atoms with Crippen LogP contribution in [-0.2, 0) is 6.42 Å². The summed E-state index contributed by atoms with van der Waals surface area (Å²) in [6.45, 7) is 4.17. The fourth-order valence-electron chi connectivity index (χ4n) is 2.02. The molecule has 0 radical (unpaired) electrons. The fraction of sp³-hybridized carbons (Fsp3) is 0.294. The van der Waals surface area contributed by atoms with Gasteiger partial charge in [0.25, 0.3) is 0 Å². The van der Waals surface area contributed by atoms with Crippen LogP contribution < -0.4 is 10.5 Å². The predicted molar refractivity (Wildman–Crippen MR) is 84.7 cm³/mol. The molecule has 106 valence electrons. The highest BCUT2D eigenvalue weighted by molar-refractivity contribution is 6.30. The van der Waals surface area contributed by atoms with Crippen LogP contribution in [0.1, 0.15) is 24.5 Å². The van der Waals surface area contributed by atoms with E-state index in [4.69, 9.17) is 22.1 Å². The first-order chi connectivity index (χ1) is 9.58. The molecule has 0 aliphatic heterocycles. The number of rotatable bonds is 5. The second-order valence-corrected chi connectivity index (χ2v) is 5.48. The van der Waals surface area contributed by atoms with Gasteiger partial charge >= 0.3 is 0 Å². The van der Waals surface area contributed by atoms with E-state index in [1.54, 1.807) is 0 Å². The smallest absolute Gasteiger partial charge is 0.130 e. The second-order valence-electron chi connectivity index (χ2n) is 5.04. The molecule has 2 aromatic carbocycles. The number of benzene rings is 2. The zero-order chi connectivity index (χ0) is 14.5. The van der Waals surface area contributed by atoms with E-state index in [9.17, 15) is 0 Å². The molecule has 0 heterocycles. The summed E-state index contributed by atoms with van der Waals surface area (Å²) in [5.41, 5.74) is 8.43. The molecule has 0 aromatic heterocycles. The minimum absolute atomic E-state index is 0.157. The summed E-state index contributed by atoms with van der Waals surface area (Å²) >= 11 is 5.88. The maximum absolute atomic E-state index is 6.06. The Morgan fingerprint density at radius 2 is 1.85 bits per heavy atom. The molecule has 1 unspecified atom stereocenters. The molecule has 0 fully saturated rings. The number of ether oxygens (including phenoxy) is 1. The first kappa shape index (κ1) is 14.9. The molecule has 2 N–H and O–H groups in total. The van der Waals surface area contributed by atoms with Crippen molar-refractivity contribution in [1.82, 2.24) is 0 Å². The van der Waals surface area contributed by atoms with Gasteiger partial charge in [-0.15, -0.1) is 0 Å². The Balaban J connectivity index is 2.23. The molecule has 0 amide bonds. The summed E-state index contributed by atoms with van der Waals surface area (Å²) < 4.78 is 5.95. The lowest BCUT2D eigenvalue weighted by atomic mass is 10.0. The molecule has 0 spiro atoms. The van der Waals surface area contributed by atoms with Gasteiger partial charge in [-0.05, 0) is 55.7 Å². The first-order valence-electron chi connectivity index (χ1n) is 6.87. The Hall–Kier alpha value is -1.51. The van der Waals surface area contributed by atoms with E-state index in [1.165, 1.54) is 5.56 Å². The van der Waals surface area contributed by atoms with Crippen molar-refractivity contribution in [1.29, 1.82) is 0 Å². The van der Waals surface area contributed by atoms with Crippen molar-refractivity contribution in [2.75, 3.05) is 0 Å². The van der Waals surface area contributed by atoms with Crippen LogP contribution in [0.3, 0.4) is 0 Å². The Labute approximate surface area is 125 Å². The zero-order valence-electron chi connectivity index (χ0n) is 11.9. The van der Waals surface area contributed by atoms with Crippen molar-refractivity contribution < 1.29 is 4.74 Å². The van der Waals surface area contributed by atoms with Crippen molar-refractivity contribution in [2.45, 2.75) is 32.7 Å². The minimum Gasteiger partial charge on any atom is -0.457 e. The van der Waals surface area contributed by atoms with Gasteiger partial charge in [-0.25, -0.2) is 0 Å². The molecule has 2 rings (SSSR count). The highest BCUT2D eigenvalue weighted by atomic mass is 35.5. The van der Waals surface area contributed by atoms with Crippen LogP contribution in [0, 0.1) is 6.92 Å². The van der Waals surface area contributed by atoms with Crippen LogP contribution in [0.2, 0.25) is 5.02 Å². The average molecular weight is 290 g/mol. The third-order valence-electron chi connectivity index (χ3n) is 3.26. The molecule has 0 bridgehead atoms. The van der Waals surface area contributed by atoms with Crippen molar-refractivity contribution >= 4 is 11.6 Å². The standard InChI is InChI=1S/C17H20ClNO/c1-3-15(19)11-13-10-12(2)4-9-17(13)20-16-7-5-14(18)6-8-16/h4-10,15H,3,11,19H2,1-2H3. The second kappa shape index (κ2) is 6.78. The highest BCUT2D eigenvalue weighted by Gasteiger charge is 2.09. The number of aryl methyl sites for hydroxylation is 1. The summed E-state index contributed by atoms with van der Waals surface area (Å²) in [7, 11) is 0. The summed E-state index contributed by atoms with van der Waals surface area (Å²) in [5.74, 6) is 1.64. The number of nitrogens with two attached hydrogens (primary N) is 1. The maximum atomic E-state index is 6.06. The lowest BCUT2D eigenvalue weighted by molar-refractivity contribution is 0.472. The molecule has 0 aliphatic rings. The van der Waals surface area contributed by atoms with Gasteiger partial charge in [0.1, 0.15) is 11.5 Å². The van der Waals surface area contributed by atoms with Crippen LogP contribution >= 0.6 is 11.6 Å². The van der Waals surface area contributed by atoms with Gasteiger partial charge in [-0.2, -0.15) is 0 Å². The number of hydrogen-bond acceptors (Lipinski definition) is 2. The van der Waals surface area contributed by atoms with E-state index in [2.05, 4.69) is 19.9 Å². The molecular weight excluding hydrogens is 270 g/mol. The van der Waals surface area contributed by atoms with Crippen LogP contribution in [0.25, 0.3) is 0 Å². The molecule has 2 nitrogen and oxygen atoms in total. The lowest BCUT2D eigenvalue weighted by Crippen LogP contribution is -2.21. The Morgan fingerprint density at radius 1 is 1.15 bits per heavy atom. The van der Waals surface area contributed by atoms with E-state index < -0.39 is 0 Å². The third kappa shape index (κ3) is 3.99. The van der Waals surface area contributed by atoms with Gasteiger partial charge in [-0.3, -0.25) is 0 Å². The van der Waals surface area contributed by atoms with Crippen molar-refractivity contribution in [3.63, 3.8) is 0 Å². The monoisotopic (exact) mass is 289 g/mol. The maximum Gasteiger partial charge on any atom is 0.130 e. The molecular formula is C17H20ClNO. The van der Waals surface area contributed by atoms with E-state index >= 15 is 0 Å². The summed E-state index contributed by atoms with van der Waals surface area (Å²) in [5, 5.41) is 0.703. The number of hydrogen-bond donors (Lipinski definition) is 1. The van der Waals surface area contributed by atoms with Gasteiger partial charge in [0.15, 0.2) is 0 Å². The average Bonchev–Trinajstić information content (AvgIpc) is 2.44. The van der Waals surface area contributed by atoms with E-state index in [0.29, 0.717) is 5.02 Å². The van der Waals surface area contributed by atoms with Gasteiger partial charge in [-0.1, -0.05) is 36.2 Å². The van der Waals surface area contributed by atoms with E-state index in [-0.39, 0.29) is 6.04 Å². The van der Waals surface area contributed by atoms with Crippen molar-refractivity contribution in [2.24, 2.45) is 5.73 Å². The molecule has 20 heavy (non-hydrogen) atoms. The van der Waals surface area contributed by atoms with Gasteiger partial charge in [0, 0.05) is 11.1 Å². The SMILES string of the molecule is CCC(N)Cc1cc(C)ccc1Oc1ccc(Cl)cc1. The fourth-order valence-corrected chi connectivity index (χ4v) is 2.15. The Morgan fingerprint density at radius 3 is 2.50 bits per heavy atom. The number of halogens is 1. The van der Waals surface area contributed by atoms with Crippen molar-refractivity contribution in [3.8, 4) is 11.5 Å². The third-order valence-corrected chi connectivity index (χ3v) is 3.52. The largest absolute Gasteiger partial charge is 0.457 e. The summed E-state index contributed by atoms with van der Waals surface area (Å²) in [4.78, 5) is 0. The summed E-state index contributed by atoms with van der Waals surface area (Å²) in [6.07, 6.45) is 1.77. The Kier molecular flexibility index (Phi) is 5.05. The van der Waals surface area contributed by atoms with E-state index in [0.717, 1.165) is 29.9 Å². The quantitative estimate of drug-likeness (QED) is 0.864. The van der Waals surface area contributed by atoms with Crippen LogP contribution in [-0.4, -0.2) is 6.04 Å². The Bertz CT molecular complexity index is 566. The minimum atomic E-state index is 0.157.